The summed E-state index contributed by atoms with van der Waals surface area (Å²) in [6, 6.07) is 8.37. The molecule has 7 heteroatoms. The highest BCUT2D eigenvalue weighted by Crippen LogP contribution is 2.44. The Bertz CT molecular complexity index is 1030. The van der Waals surface area contributed by atoms with Crippen LogP contribution in [0.1, 0.15) is 36.0 Å². The normalized spacial score (nSPS) is 18.8. The fourth-order valence-corrected chi connectivity index (χ4v) is 5.01. The maximum absolute atomic E-state index is 12.9. The largest absolute Gasteiger partial charge is 0.311 e. The van der Waals surface area contributed by atoms with Gasteiger partial charge in [-0.2, -0.15) is 0 Å². The fourth-order valence-electron chi connectivity index (χ4n) is 3.69. The lowest BCUT2D eigenvalue weighted by molar-refractivity contribution is -0.119. The highest BCUT2D eigenvalue weighted by molar-refractivity contribution is 7.92. The quantitative estimate of drug-likeness (QED) is 0.865. The molecule has 2 aliphatic heterocycles. The number of carbonyl (C=O) groups is 1. The first-order chi connectivity index (χ1) is 12.3. The highest BCUT2D eigenvalue weighted by atomic mass is 35.5. The summed E-state index contributed by atoms with van der Waals surface area (Å²) < 4.78 is 28.4. The van der Waals surface area contributed by atoms with Gasteiger partial charge < -0.3 is 4.90 Å². The number of hydrogen-bond donors (Lipinski definition) is 1. The number of aryl methyl sites for hydroxylation is 2. The SMILES string of the molecule is Cc1ccc(NS(=O)(=O)c2cc3c4c(c2)[C@H](C)C(=O)N4CCC3)cc1Cl. The molecule has 0 fully saturated rings. The standard InChI is InChI=1S/C19H19ClN2O3S/c1-11-5-6-14(9-17(11)20)21-26(24,25)15-8-13-4-3-7-22-18(13)16(10-15)12(2)19(22)23/h5-6,8-10,12,21H,3-4,7H2,1-2H3/t12-/m0/s1. The van der Waals surface area contributed by atoms with E-state index < -0.39 is 10.0 Å². The zero-order valence-corrected chi connectivity index (χ0v) is 16.1. The van der Waals surface area contributed by atoms with Crippen LogP contribution in [-0.2, 0) is 21.2 Å². The van der Waals surface area contributed by atoms with E-state index in [0.717, 1.165) is 35.2 Å². The lowest BCUT2D eigenvalue weighted by Gasteiger charge is -2.26. The maximum atomic E-state index is 12.9. The Balaban J connectivity index is 1.76. The van der Waals surface area contributed by atoms with Gasteiger partial charge in [-0.1, -0.05) is 17.7 Å². The molecule has 0 aromatic heterocycles. The molecule has 0 saturated heterocycles. The summed E-state index contributed by atoms with van der Waals surface area (Å²) in [5, 5.41) is 0.504. The third-order valence-corrected chi connectivity index (χ3v) is 6.89. The molecule has 0 aliphatic carbocycles. The number of nitrogens with zero attached hydrogens (tertiary/aromatic N) is 1. The van der Waals surface area contributed by atoms with Gasteiger partial charge in [0.05, 0.1) is 22.2 Å². The van der Waals surface area contributed by atoms with Crippen molar-refractivity contribution in [3.05, 3.63) is 52.0 Å². The van der Waals surface area contributed by atoms with Crippen molar-refractivity contribution in [1.29, 1.82) is 0 Å². The Hall–Kier alpha value is -2.05. The molecule has 0 saturated carbocycles. The summed E-state index contributed by atoms with van der Waals surface area (Å²) in [7, 11) is -3.77. The van der Waals surface area contributed by atoms with Crippen LogP contribution in [0.3, 0.4) is 0 Å². The lowest BCUT2D eigenvalue weighted by atomic mass is 9.97. The first-order valence-corrected chi connectivity index (χ1v) is 10.4. The van der Waals surface area contributed by atoms with Gasteiger partial charge in [0.15, 0.2) is 0 Å². The van der Waals surface area contributed by atoms with E-state index in [9.17, 15) is 13.2 Å². The molecule has 0 spiro atoms. The van der Waals surface area contributed by atoms with Crippen LogP contribution in [-0.4, -0.2) is 20.9 Å². The van der Waals surface area contributed by atoms with E-state index >= 15 is 0 Å². The van der Waals surface area contributed by atoms with Crippen LogP contribution in [0.4, 0.5) is 11.4 Å². The molecule has 2 aromatic carbocycles. The molecule has 0 bridgehead atoms. The Morgan fingerprint density at radius 3 is 2.73 bits per heavy atom. The summed E-state index contributed by atoms with van der Waals surface area (Å²) in [5.41, 5.74) is 3.93. The van der Waals surface area contributed by atoms with Crippen molar-refractivity contribution in [1.82, 2.24) is 0 Å². The van der Waals surface area contributed by atoms with Crippen LogP contribution in [0.25, 0.3) is 0 Å². The number of benzene rings is 2. The molecular weight excluding hydrogens is 372 g/mol. The molecule has 2 aromatic rings. The van der Waals surface area contributed by atoms with Gasteiger partial charge in [-0.25, -0.2) is 8.42 Å². The molecule has 0 unspecified atom stereocenters. The van der Waals surface area contributed by atoms with Crippen LogP contribution in [0.2, 0.25) is 5.02 Å². The summed E-state index contributed by atoms with van der Waals surface area (Å²) in [5.74, 6) is -0.264. The number of sulfonamides is 1. The zero-order valence-electron chi connectivity index (χ0n) is 14.5. The molecule has 4 rings (SSSR count). The van der Waals surface area contributed by atoms with Crippen LogP contribution in [0.5, 0.6) is 0 Å². The van der Waals surface area contributed by atoms with Crippen LogP contribution in [0, 0.1) is 6.92 Å². The second-order valence-corrected chi connectivity index (χ2v) is 8.99. The topological polar surface area (TPSA) is 66.5 Å². The van der Waals surface area contributed by atoms with Crippen molar-refractivity contribution >= 4 is 38.9 Å². The number of carbonyl (C=O) groups excluding carboxylic acids is 1. The number of anilines is 2. The predicted molar refractivity (Wildman–Crippen MR) is 103 cm³/mol. The van der Waals surface area contributed by atoms with Gasteiger partial charge in [-0.15, -0.1) is 0 Å². The number of amides is 1. The third kappa shape index (κ3) is 2.68. The van der Waals surface area contributed by atoms with Gasteiger partial charge in [0, 0.05) is 11.6 Å². The monoisotopic (exact) mass is 390 g/mol. The predicted octanol–water partition coefficient (Wildman–Crippen LogP) is 3.85. The maximum Gasteiger partial charge on any atom is 0.261 e. The van der Waals surface area contributed by atoms with Gasteiger partial charge in [-0.3, -0.25) is 9.52 Å². The third-order valence-electron chi connectivity index (χ3n) is 5.13. The van der Waals surface area contributed by atoms with E-state index in [1.807, 2.05) is 13.8 Å². The van der Waals surface area contributed by atoms with Crippen molar-refractivity contribution in [3.63, 3.8) is 0 Å². The Labute approximate surface area is 158 Å². The van der Waals surface area contributed by atoms with E-state index in [2.05, 4.69) is 4.72 Å². The van der Waals surface area contributed by atoms with Crippen molar-refractivity contribution in [2.24, 2.45) is 0 Å². The van der Waals surface area contributed by atoms with Crippen molar-refractivity contribution < 1.29 is 13.2 Å². The Morgan fingerprint density at radius 2 is 2.00 bits per heavy atom. The van der Waals surface area contributed by atoms with E-state index in [1.54, 1.807) is 35.2 Å². The average Bonchev–Trinajstić information content (AvgIpc) is 2.85. The molecule has 2 heterocycles. The molecule has 136 valence electrons. The molecular formula is C19H19ClN2O3S. The summed E-state index contributed by atoms with van der Waals surface area (Å²) in [4.78, 5) is 14.4. The molecule has 2 aliphatic rings. The number of hydrogen-bond acceptors (Lipinski definition) is 3. The summed E-state index contributed by atoms with van der Waals surface area (Å²) in [6.45, 7) is 4.39. The number of halogens is 1. The fraction of sp³-hybridized carbons (Fsp3) is 0.316. The summed E-state index contributed by atoms with van der Waals surface area (Å²) in [6.07, 6.45) is 1.62. The average molecular weight is 391 g/mol. The van der Waals surface area contributed by atoms with Gasteiger partial charge in [0.25, 0.3) is 10.0 Å². The first-order valence-electron chi connectivity index (χ1n) is 8.55. The second kappa shape index (κ2) is 5.99. The second-order valence-electron chi connectivity index (χ2n) is 6.90. The number of rotatable bonds is 3. The van der Waals surface area contributed by atoms with Gasteiger partial charge >= 0.3 is 0 Å². The van der Waals surface area contributed by atoms with Gasteiger partial charge in [0.1, 0.15) is 0 Å². The highest BCUT2D eigenvalue weighted by Gasteiger charge is 2.38. The minimum atomic E-state index is -3.77. The van der Waals surface area contributed by atoms with Crippen LogP contribution >= 0.6 is 11.6 Å². The van der Waals surface area contributed by atoms with Crippen molar-refractivity contribution in [3.8, 4) is 0 Å². The van der Waals surface area contributed by atoms with Crippen LogP contribution in [0.15, 0.2) is 35.2 Å². The Morgan fingerprint density at radius 1 is 1.23 bits per heavy atom. The van der Waals surface area contributed by atoms with Crippen molar-refractivity contribution in [2.75, 3.05) is 16.2 Å². The van der Waals surface area contributed by atoms with E-state index in [0.29, 0.717) is 17.3 Å². The smallest absolute Gasteiger partial charge is 0.261 e. The minimum Gasteiger partial charge on any atom is -0.311 e. The van der Waals surface area contributed by atoms with E-state index in [4.69, 9.17) is 11.6 Å². The van der Waals surface area contributed by atoms with Crippen LogP contribution < -0.4 is 9.62 Å². The summed E-state index contributed by atoms with van der Waals surface area (Å²) >= 11 is 6.09. The number of nitrogens with one attached hydrogen (secondary N) is 1. The lowest BCUT2D eigenvalue weighted by Crippen LogP contribution is -2.32. The first kappa shape index (κ1) is 17.4. The zero-order chi connectivity index (χ0) is 18.6. The molecule has 26 heavy (non-hydrogen) atoms. The van der Waals surface area contributed by atoms with E-state index in [-0.39, 0.29) is 16.7 Å². The van der Waals surface area contributed by atoms with Gasteiger partial charge in [0.2, 0.25) is 5.91 Å². The molecule has 0 radical (unpaired) electrons. The molecule has 1 atom stereocenters. The molecule has 1 N–H and O–H groups in total. The molecule has 1 amide bonds. The van der Waals surface area contributed by atoms with Crippen molar-refractivity contribution in [2.45, 2.75) is 37.5 Å². The molecule has 5 nitrogen and oxygen atoms in total. The van der Waals surface area contributed by atoms with Gasteiger partial charge in [-0.05, 0) is 67.6 Å². The van der Waals surface area contributed by atoms with E-state index in [1.165, 1.54) is 0 Å². The Kier molecular flexibility index (Phi) is 4.00. The minimum absolute atomic E-state index is 0.0498.